The molecule has 1 atom stereocenters. The van der Waals surface area contributed by atoms with Crippen LogP contribution in [0.4, 0.5) is 0 Å². The van der Waals surface area contributed by atoms with Gasteiger partial charge in [-0.2, -0.15) is 0 Å². The molecule has 104 valence electrons. The zero-order valence-corrected chi connectivity index (χ0v) is 12.2. The molecule has 0 saturated carbocycles. The molecule has 0 bridgehead atoms. The summed E-state index contributed by atoms with van der Waals surface area (Å²) in [5, 5.41) is 8.75. The van der Waals surface area contributed by atoms with Crippen LogP contribution in [0.5, 0.6) is 0 Å². The monoisotopic (exact) mass is 244 g/mol. The first-order valence-electron chi connectivity index (χ1n) is 7.28. The van der Waals surface area contributed by atoms with Crippen LogP contribution in [0.15, 0.2) is 0 Å². The Morgan fingerprint density at radius 2 is 1.59 bits per heavy atom. The maximum absolute atomic E-state index is 8.75. The van der Waals surface area contributed by atoms with Gasteiger partial charge in [0.05, 0.1) is 6.10 Å². The van der Waals surface area contributed by atoms with E-state index in [0.717, 1.165) is 44.6 Å². The summed E-state index contributed by atoms with van der Waals surface area (Å²) in [7, 11) is 0. The van der Waals surface area contributed by atoms with Crippen LogP contribution in [-0.4, -0.2) is 24.4 Å². The Kier molecular flexibility index (Phi) is 11.0. The molecule has 0 aliphatic carbocycles. The Hall–Kier alpha value is -0.0800. The fraction of sp³-hybridized carbons (Fsp3) is 1.00. The zero-order valence-electron chi connectivity index (χ0n) is 12.2. The summed E-state index contributed by atoms with van der Waals surface area (Å²) in [6, 6.07) is 0. The highest BCUT2D eigenvalue weighted by molar-refractivity contribution is 4.62. The van der Waals surface area contributed by atoms with Crippen LogP contribution in [0, 0.1) is 11.8 Å². The van der Waals surface area contributed by atoms with E-state index >= 15 is 0 Å². The molecular formula is C15H32O2. The number of aliphatic hydroxyl groups is 1. The highest BCUT2D eigenvalue weighted by Gasteiger charge is 2.11. The van der Waals surface area contributed by atoms with E-state index in [1.54, 1.807) is 0 Å². The predicted octanol–water partition coefficient (Wildman–Crippen LogP) is 4.02. The van der Waals surface area contributed by atoms with E-state index in [1.165, 1.54) is 6.42 Å². The molecular weight excluding hydrogens is 212 g/mol. The lowest BCUT2D eigenvalue weighted by molar-refractivity contribution is 0.0260. The Balaban J connectivity index is 3.71. The molecule has 1 N–H and O–H groups in total. The van der Waals surface area contributed by atoms with Crippen LogP contribution < -0.4 is 0 Å². The van der Waals surface area contributed by atoms with Gasteiger partial charge in [0.25, 0.3) is 0 Å². The highest BCUT2D eigenvalue weighted by Crippen LogP contribution is 2.16. The third-order valence-electron chi connectivity index (χ3n) is 2.97. The number of hydrogen-bond acceptors (Lipinski definition) is 2. The zero-order chi connectivity index (χ0) is 13.1. The van der Waals surface area contributed by atoms with Gasteiger partial charge in [0.15, 0.2) is 0 Å². The summed E-state index contributed by atoms with van der Waals surface area (Å²) in [5.74, 6) is 1.43. The molecule has 0 spiro atoms. The Labute approximate surface area is 108 Å². The smallest absolute Gasteiger partial charge is 0.0577 e. The van der Waals surface area contributed by atoms with Crippen molar-refractivity contribution in [3.8, 4) is 0 Å². The number of ether oxygens (including phenoxy) is 1. The second-order valence-corrected chi connectivity index (χ2v) is 5.88. The summed E-state index contributed by atoms with van der Waals surface area (Å²) < 4.78 is 5.98. The van der Waals surface area contributed by atoms with Crippen molar-refractivity contribution in [2.24, 2.45) is 11.8 Å². The van der Waals surface area contributed by atoms with Gasteiger partial charge in [-0.3, -0.25) is 0 Å². The lowest BCUT2D eigenvalue weighted by Gasteiger charge is -2.20. The van der Waals surface area contributed by atoms with E-state index in [2.05, 4.69) is 27.7 Å². The van der Waals surface area contributed by atoms with E-state index in [9.17, 15) is 0 Å². The molecule has 0 aliphatic rings. The van der Waals surface area contributed by atoms with Gasteiger partial charge in [-0.15, -0.1) is 0 Å². The third-order valence-corrected chi connectivity index (χ3v) is 2.97. The highest BCUT2D eigenvalue weighted by atomic mass is 16.5. The van der Waals surface area contributed by atoms with Crippen molar-refractivity contribution >= 4 is 0 Å². The maximum atomic E-state index is 8.75. The summed E-state index contributed by atoms with van der Waals surface area (Å²) >= 11 is 0. The average Bonchev–Trinajstić information content (AvgIpc) is 2.22. The molecule has 0 aromatic carbocycles. The van der Waals surface area contributed by atoms with E-state index in [0.29, 0.717) is 18.6 Å². The molecule has 0 fully saturated rings. The SMILES string of the molecule is CC(C)CCOC(CCCCCO)CC(C)C. The molecule has 0 amide bonds. The minimum atomic E-state index is 0.322. The van der Waals surface area contributed by atoms with Gasteiger partial charge >= 0.3 is 0 Å². The van der Waals surface area contributed by atoms with Crippen molar-refractivity contribution in [1.82, 2.24) is 0 Å². The minimum Gasteiger partial charge on any atom is -0.396 e. The van der Waals surface area contributed by atoms with Crippen LogP contribution in [-0.2, 0) is 4.74 Å². The van der Waals surface area contributed by atoms with Crippen molar-refractivity contribution in [1.29, 1.82) is 0 Å². The molecule has 0 heterocycles. The van der Waals surface area contributed by atoms with Gasteiger partial charge in [-0.05, 0) is 37.5 Å². The van der Waals surface area contributed by atoms with Gasteiger partial charge in [0.1, 0.15) is 0 Å². The number of unbranched alkanes of at least 4 members (excludes halogenated alkanes) is 2. The van der Waals surface area contributed by atoms with Gasteiger partial charge in [0.2, 0.25) is 0 Å². The lowest BCUT2D eigenvalue weighted by Crippen LogP contribution is -2.17. The molecule has 17 heavy (non-hydrogen) atoms. The Morgan fingerprint density at radius 3 is 2.12 bits per heavy atom. The molecule has 0 aliphatic heterocycles. The fourth-order valence-electron chi connectivity index (χ4n) is 1.93. The first kappa shape index (κ1) is 16.9. The van der Waals surface area contributed by atoms with Crippen molar-refractivity contribution in [2.75, 3.05) is 13.2 Å². The fourth-order valence-corrected chi connectivity index (χ4v) is 1.93. The van der Waals surface area contributed by atoms with Gasteiger partial charge in [-0.25, -0.2) is 0 Å². The maximum Gasteiger partial charge on any atom is 0.0577 e. The van der Waals surface area contributed by atoms with Crippen LogP contribution >= 0.6 is 0 Å². The molecule has 1 unspecified atom stereocenters. The van der Waals surface area contributed by atoms with Crippen molar-refractivity contribution in [2.45, 2.75) is 72.3 Å². The summed E-state index contributed by atoms with van der Waals surface area (Å²) in [4.78, 5) is 0. The van der Waals surface area contributed by atoms with Crippen molar-refractivity contribution < 1.29 is 9.84 Å². The molecule has 2 nitrogen and oxygen atoms in total. The van der Waals surface area contributed by atoms with Crippen molar-refractivity contribution in [3.63, 3.8) is 0 Å². The molecule has 0 rings (SSSR count). The first-order chi connectivity index (χ1) is 8.06. The predicted molar refractivity (Wildman–Crippen MR) is 74.2 cm³/mol. The largest absolute Gasteiger partial charge is 0.396 e. The van der Waals surface area contributed by atoms with E-state index in [4.69, 9.17) is 9.84 Å². The standard InChI is InChI=1S/C15H32O2/c1-13(2)9-11-17-15(12-14(3)4)8-6-5-7-10-16/h13-16H,5-12H2,1-4H3. The third kappa shape index (κ3) is 12.2. The lowest BCUT2D eigenvalue weighted by atomic mass is 10.0. The van der Waals surface area contributed by atoms with Crippen LogP contribution in [0.1, 0.15) is 66.2 Å². The van der Waals surface area contributed by atoms with Crippen LogP contribution in [0.2, 0.25) is 0 Å². The normalized spacial score (nSPS) is 13.6. The molecule has 0 aromatic rings. The first-order valence-corrected chi connectivity index (χ1v) is 7.28. The Morgan fingerprint density at radius 1 is 0.882 bits per heavy atom. The topological polar surface area (TPSA) is 29.5 Å². The quantitative estimate of drug-likeness (QED) is 0.556. The second kappa shape index (κ2) is 11.0. The summed E-state index contributed by atoms with van der Waals surface area (Å²) in [5.41, 5.74) is 0. The van der Waals surface area contributed by atoms with Gasteiger partial charge in [-0.1, -0.05) is 40.5 Å². The molecule has 0 radical (unpaired) electrons. The summed E-state index contributed by atoms with van der Waals surface area (Å²) in [6.45, 7) is 10.2. The second-order valence-electron chi connectivity index (χ2n) is 5.88. The minimum absolute atomic E-state index is 0.322. The van der Waals surface area contributed by atoms with Gasteiger partial charge < -0.3 is 9.84 Å². The number of hydrogen-bond donors (Lipinski definition) is 1. The molecule has 0 saturated heterocycles. The van der Waals surface area contributed by atoms with E-state index < -0.39 is 0 Å². The van der Waals surface area contributed by atoms with Crippen molar-refractivity contribution in [3.05, 3.63) is 0 Å². The van der Waals surface area contributed by atoms with Crippen LogP contribution in [0.25, 0.3) is 0 Å². The Bertz CT molecular complexity index is 155. The van der Waals surface area contributed by atoms with E-state index in [1.807, 2.05) is 0 Å². The average molecular weight is 244 g/mol. The molecule has 0 aromatic heterocycles. The van der Waals surface area contributed by atoms with Crippen LogP contribution in [0.3, 0.4) is 0 Å². The number of rotatable bonds is 11. The van der Waals surface area contributed by atoms with Gasteiger partial charge in [0, 0.05) is 13.2 Å². The summed E-state index contributed by atoms with van der Waals surface area (Å²) in [6.07, 6.45) is 7.13. The van der Waals surface area contributed by atoms with E-state index in [-0.39, 0.29) is 0 Å². The number of aliphatic hydroxyl groups excluding tert-OH is 1. The molecule has 2 heteroatoms.